The molecule has 1 amide bonds. The zero-order valence-electron chi connectivity index (χ0n) is 8.79. The summed E-state index contributed by atoms with van der Waals surface area (Å²) in [5.41, 5.74) is 0.996. The molecule has 0 spiro atoms. The van der Waals surface area contributed by atoms with Crippen LogP contribution in [0.4, 0.5) is 5.82 Å². The molecule has 2 rings (SSSR count). The molecule has 80 valence electrons. The van der Waals surface area contributed by atoms with E-state index in [2.05, 4.69) is 15.6 Å². The van der Waals surface area contributed by atoms with Crippen molar-refractivity contribution in [3.63, 3.8) is 0 Å². The predicted molar refractivity (Wildman–Crippen MR) is 58.6 cm³/mol. The van der Waals surface area contributed by atoms with Crippen molar-refractivity contribution in [1.82, 2.24) is 10.3 Å². The number of carbonyl (C=O) groups excluding carboxylic acids is 1. The van der Waals surface area contributed by atoms with E-state index in [1.807, 2.05) is 25.1 Å². The van der Waals surface area contributed by atoms with Gasteiger partial charge in [-0.25, -0.2) is 4.98 Å². The summed E-state index contributed by atoms with van der Waals surface area (Å²) in [4.78, 5) is 15.3. The molecule has 1 atom stereocenters. The standard InChI is InChI=1S/C11H15N3O/c1-8-3-2-4-10(13-8)12-7-9-5-6-11(15)14-9/h2-4,9H,5-7H2,1H3,(H,12,13)(H,14,15). The summed E-state index contributed by atoms with van der Waals surface area (Å²) in [6.45, 7) is 2.71. The van der Waals surface area contributed by atoms with Crippen molar-refractivity contribution in [1.29, 1.82) is 0 Å². The van der Waals surface area contributed by atoms with Crippen molar-refractivity contribution in [3.8, 4) is 0 Å². The van der Waals surface area contributed by atoms with Gasteiger partial charge >= 0.3 is 0 Å². The van der Waals surface area contributed by atoms with Crippen LogP contribution in [0.1, 0.15) is 18.5 Å². The highest BCUT2D eigenvalue weighted by Gasteiger charge is 2.19. The third-order valence-electron chi connectivity index (χ3n) is 2.50. The highest BCUT2D eigenvalue weighted by molar-refractivity contribution is 5.78. The summed E-state index contributed by atoms with van der Waals surface area (Å²) in [5.74, 6) is 1.02. The number of nitrogens with one attached hydrogen (secondary N) is 2. The molecule has 2 N–H and O–H groups in total. The van der Waals surface area contributed by atoms with Crippen LogP contribution in [0, 0.1) is 6.92 Å². The molecule has 15 heavy (non-hydrogen) atoms. The lowest BCUT2D eigenvalue weighted by Gasteiger charge is -2.11. The van der Waals surface area contributed by atoms with Gasteiger partial charge in [0.2, 0.25) is 5.91 Å². The second-order valence-electron chi connectivity index (χ2n) is 3.85. The maximum atomic E-state index is 11.0. The number of carbonyl (C=O) groups is 1. The quantitative estimate of drug-likeness (QED) is 0.776. The summed E-state index contributed by atoms with van der Waals surface area (Å²) in [7, 11) is 0. The lowest BCUT2D eigenvalue weighted by Crippen LogP contribution is -2.31. The van der Waals surface area contributed by atoms with Crippen molar-refractivity contribution in [3.05, 3.63) is 23.9 Å². The summed E-state index contributed by atoms with van der Waals surface area (Å²) < 4.78 is 0. The van der Waals surface area contributed by atoms with Gasteiger partial charge in [0.25, 0.3) is 0 Å². The molecule has 1 aromatic rings. The molecular formula is C11H15N3O. The third-order valence-corrected chi connectivity index (χ3v) is 2.50. The van der Waals surface area contributed by atoms with E-state index < -0.39 is 0 Å². The number of nitrogens with zero attached hydrogens (tertiary/aromatic N) is 1. The molecule has 1 aliphatic heterocycles. The van der Waals surface area contributed by atoms with Gasteiger partial charge in [-0.1, -0.05) is 6.07 Å². The Kier molecular flexibility index (Phi) is 2.85. The average molecular weight is 205 g/mol. The summed E-state index contributed by atoms with van der Waals surface area (Å²) >= 11 is 0. The van der Waals surface area contributed by atoms with Gasteiger partial charge in [0, 0.05) is 24.7 Å². The Morgan fingerprint density at radius 2 is 2.47 bits per heavy atom. The van der Waals surface area contributed by atoms with Crippen LogP contribution in [0.5, 0.6) is 0 Å². The van der Waals surface area contributed by atoms with E-state index in [1.165, 1.54) is 0 Å². The van der Waals surface area contributed by atoms with Crippen LogP contribution in [-0.4, -0.2) is 23.5 Å². The fourth-order valence-electron chi connectivity index (χ4n) is 1.70. The first-order chi connectivity index (χ1) is 7.24. The number of pyridine rings is 1. The molecule has 0 bridgehead atoms. The Labute approximate surface area is 89.1 Å². The Morgan fingerprint density at radius 1 is 1.60 bits per heavy atom. The second-order valence-corrected chi connectivity index (χ2v) is 3.85. The molecule has 1 aromatic heterocycles. The third kappa shape index (κ3) is 2.68. The van der Waals surface area contributed by atoms with E-state index in [1.54, 1.807) is 0 Å². The smallest absolute Gasteiger partial charge is 0.220 e. The van der Waals surface area contributed by atoms with Gasteiger partial charge in [0.15, 0.2) is 0 Å². The number of hydrogen-bond acceptors (Lipinski definition) is 3. The van der Waals surface area contributed by atoms with E-state index in [0.29, 0.717) is 6.42 Å². The molecule has 4 heteroatoms. The molecule has 0 saturated carbocycles. The first-order valence-corrected chi connectivity index (χ1v) is 5.21. The molecule has 0 aliphatic carbocycles. The fourth-order valence-corrected chi connectivity index (χ4v) is 1.70. The molecular weight excluding hydrogens is 190 g/mol. The summed E-state index contributed by atoms with van der Waals surface area (Å²) in [6, 6.07) is 6.12. The molecule has 1 unspecified atom stereocenters. The molecule has 0 radical (unpaired) electrons. The lowest BCUT2D eigenvalue weighted by atomic mass is 10.2. The van der Waals surface area contributed by atoms with Crippen molar-refractivity contribution in [2.75, 3.05) is 11.9 Å². The van der Waals surface area contributed by atoms with E-state index in [4.69, 9.17) is 0 Å². The Balaban J connectivity index is 1.85. The number of amides is 1. The van der Waals surface area contributed by atoms with Crippen LogP contribution in [0.25, 0.3) is 0 Å². The molecule has 1 saturated heterocycles. The van der Waals surface area contributed by atoms with Crippen molar-refractivity contribution in [2.24, 2.45) is 0 Å². The van der Waals surface area contributed by atoms with Gasteiger partial charge in [0.05, 0.1) is 0 Å². The summed E-state index contributed by atoms with van der Waals surface area (Å²) in [5, 5.41) is 6.13. The number of aromatic nitrogens is 1. The Hall–Kier alpha value is -1.58. The second kappa shape index (κ2) is 4.29. The van der Waals surface area contributed by atoms with Crippen molar-refractivity contribution >= 4 is 11.7 Å². The minimum atomic E-state index is 0.152. The Bertz CT molecular complexity index is 365. The van der Waals surface area contributed by atoms with Crippen LogP contribution in [0.2, 0.25) is 0 Å². The zero-order chi connectivity index (χ0) is 10.7. The number of aryl methyl sites for hydroxylation is 1. The summed E-state index contributed by atoms with van der Waals surface area (Å²) in [6.07, 6.45) is 1.56. The monoisotopic (exact) mass is 205 g/mol. The molecule has 0 aromatic carbocycles. The zero-order valence-corrected chi connectivity index (χ0v) is 8.79. The van der Waals surface area contributed by atoms with Gasteiger partial charge in [-0.15, -0.1) is 0 Å². The molecule has 4 nitrogen and oxygen atoms in total. The van der Waals surface area contributed by atoms with Crippen LogP contribution >= 0.6 is 0 Å². The van der Waals surface area contributed by atoms with Crippen molar-refractivity contribution < 1.29 is 4.79 Å². The van der Waals surface area contributed by atoms with E-state index in [0.717, 1.165) is 24.5 Å². The highest BCUT2D eigenvalue weighted by Crippen LogP contribution is 2.08. The van der Waals surface area contributed by atoms with E-state index >= 15 is 0 Å². The van der Waals surface area contributed by atoms with Crippen LogP contribution < -0.4 is 10.6 Å². The van der Waals surface area contributed by atoms with Crippen LogP contribution in [0.15, 0.2) is 18.2 Å². The molecule has 1 fully saturated rings. The van der Waals surface area contributed by atoms with E-state index in [-0.39, 0.29) is 11.9 Å². The number of hydrogen-bond donors (Lipinski definition) is 2. The topological polar surface area (TPSA) is 54.0 Å². The number of anilines is 1. The maximum absolute atomic E-state index is 11.0. The molecule has 2 heterocycles. The maximum Gasteiger partial charge on any atom is 0.220 e. The van der Waals surface area contributed by atoms with Gasteiger partial charge < -0.3 is 10.6 Å². The van der Waals surface area contributed by atoms with Gasteiger partial charge in [-0.05, 0) is 25.5 Å². The number of rotatable bonds is 3. The largest absolute Gasteiger partial charge is 0.368 e. The average Bonchev–Trinajstić information content (AvgIpc) is 2.62. The van der Waals surface area contributed by atoms with Gasteiger partial charge in [-0.3, -0.25) is 4.79 Å². The van der Waals surface area contributed by atoms with E-state index in [9.17, 15) is 4.79 Å². The Morgan fingerprint density at radius 3 is 3.13 bits per heavy atom. The highest BCUT2D eigenvalue weighted by atomic mass is 16.1. The first kappa shape index (κ1) is 9.96. The first-order valence-electron chi connectivity index (χ1n) is 5.21. The SMILES string of the molecule is Cc1cccc(NCC2CCC(=O)N2)n1. The minimum Gasteiger partial charge on any atom is -0.368 e. The predicted octanol–water partition coefficient (Wildman–Crippen LogP) is 1.08. The van der Waals surface area contributed by atoms with Crippen LogP contribution in [-0.2, 0) is 4.79 Å². The molecule has 1 aliphatic rings. The fraction of sp³-hybridized carbons (Fsp3) is 0.455. The van der Waals surface area contributed by atoms with Gasteiger partial charge in [-0.2, -0.15) is 0 Å². The van der Waals surface area contributed by atoms with Gasteiger partial charge in [0.1, 0.15) is 5.82 Å². The van der Waals surface area contributed by atoms with Crippen LogP contribution in [0.3, 0.4) is 0 Å². The minimum absolute atomic E-state index is 0.152. The lowest BCUT2D eigenvalue weighted by molar-refractivity contribution is -0.119. The van der Waals surface area contributed by atoms with Crippen molar-refractivity contribution in [2.45, 2.75) is 25.8 Å². The normalized spacial score (nSPS) is 20.1.